The first kappa shape index (κ1) is 38.6. The van der Waals surface area contributed by atoms with Crippen molar-refractivity contribution in [1.82, 2.24) is 0 Å². The Bertz CT molecular complexity index is 48.1. The molecule has 0 heterocycles. The van der Waals surface area contributed by atoms with E-state index in [9.17, 15) is 0 Å². The van der Waals surface area contributed by atoms with Gasteiger partial charge in [0.1, 0.15) is 0 Å². The summed E-state index contributed by atoms with van der Waals surface area (Å²) in [5.41, 5.74) is 0. The summed E-state index contributed by atoms with van der Waals surface area (Å²) in [7, 11) is 24.8. The van der Waals surface area contributed by atoms with E-state index >= 15 is 0 Å². The summed E-state index contributed by atoms with van der Waals surface area (Å²) in [6.45, 7) is -3.56. The van der Waals surface area contributed by atoms with Crippen molar-refractivity contribution in [2.24, 2.45) is 0 Å². The Morgan fingerprint density at radius 2 is 0.455 bits per heavy atom. The molecule has 85 valence electrons. The van der Waals surface area contributed by atoms with Crippen LogP contribution in [0, 0.1) is 0 Å². The zero-order valence-corrected chi connectivity index (χ0v) is 9.47. The zero-order valence-electron chi connectivity index (χ0n) is 4.71. The first-order valence-corrected chi connectivity index (χ1v) is 7.39. The van der Waals surface area contributed by atoms with Crippen molar-refractivity contribution in [3.8, 4) is 0 Å². The number of hydrogen-bond donors (Lipinski definition) is 0. The van der Waals surface area contributed by atoms with Crippen molar-refractivity contribution in [3.05, 3.63) is 0 Å². The van der Waals surface area contributed by atoms with E-state index in [1.165, 1.54) is 0 Å². The Kier molecular flexibility index (Phi) is 34.5. The number of rotatable bonds is 0. The molecule has 11 heteroatoms. The second-order valence-corrected chi connectivity index (χ2v) is 16.8. The predicted octanol–water partition coefficient (Wildman–Crippen LogP) is -0.679. The maximum absolute atomic E-state index is 4.96. The fraction of sp³-hybridized carbons (Fsp3) is 0. The standard InChI is InChI=1S/5ClH.Ni.5H2O/h5*1H;;5*1H2/q;;;;;+5;;;;;/p-5. The molecule has 0 aliphatic heterocycles. The molecule has 0 radical (unpaired) electrons. The van der Waals surface area contributed by atoms with Crippen molar-refractivity contribution in [3.63, 3.8) is 0 Å². The van der Waals surface area contributed by atoms with Crippen LogP contribution in [0.4, 0.5) is 0 Å². The molecule has 0 unspecified atom stereocenters. The van der Waals surface area contributed by atoms with E-state index in [2.05, 4.69) is 0 Å². The van der Waals surface area contributed by atoms with Crippen LogP contribution in [0.15, 0.2) is 0 Å². The summed E-state index contributed by atoms with van der Waals surface area (Å²) in [6.07, 6.45) is 0. The van der Waals surface area contributed by atoms with Gasteiger partial charge in [0.25, 0.3) is 0 Å². The van der Waals surface area contributed by atoms with E-state index in [-0.39, 0.29) is 27.4 Å². The average molecular weight is 326 g/mol. The summed E-state index contributed by atoms with van der Waals surface area (Å²) in [4.78, 5) is 0. The Hall–Kier alpha value is 1.74. The van der Waals surface area contributed by atoms with Crippen molar-refractivity contribution in [2.45, 2.75) is 0 Å². The molecule has 0 atom stereocenters. The summed E-state index contributed by atoms with van der Waals surface area (Å²) in [5, 5.41) is 0. The molecule has 0 saturated carbocycles. The van der Waals surface area contributed by atoms with Gasteiger partial charge in [-0.25, -0.2) is 0 Å². The predicted molar refractivity (Wildman–Crippen MR) is 47.3 cm³/mol. The zero-order chi connectivity index (χ0) is 5.45. The fourth-order valence-electron chi connectivity index (χ4n) is 0. The summed E-state index contributed by atoms with van der Waals surface area (Å²) < 4.78 is 0. The third-order valence-corrected chi connectivity index (χ3v) is 0. The van der Waals surface area contributed by atoms with Gasteiger partial charge in [-0.2, -0.15) is 0 Å². The van der Waals surface area contributed by atoms with E-state index in [1.807, 2.05) is 0 Å². The minimum absolute atomic E-state index is 0. The van der Waals surface area contributed by atoms with Gasteiger partial charge in [-0.15, -0.1) is 0 Å². The molecular formula is H10Cl5NiO5. The third kappa shape index (κ3) is 367. The average Bonchev–Trinajstić information content (AvgIpc) is 0.650. The van der Waals surface area contributed by atoms with Crippen LogP contribution >= 0.6 is 51.0 Å². The van der Waals surface area contributed by atoms with Gasteiger partial charge in [0.2, 0.25) is 0 Å². The van der Waals surface area contributed by atoms with Crippen LogP contribution in [0.3, 0.4) is 0 Å². The minimum atomic E-state index is -3.56. The van der Waals surface area contributed by atoms with E-state index in [1.54, 1.807) is 0 Å². The van der Waals surface area contributed by atoms with E-state index in [0.29, 0.717) is 0 Å². The van der Waals surface area contributed by atoms with E-state index in [0.717, 1.165) is 0 Å². The molecule has 11 heavy (non-hydrogen) atoms. The van der Waals surface area contributed by atoms with Crippen LogP contribution < -0.4 is 0 Å². The molecule has 0 aromatic rings. The van der Waals surface area contributed by atoms with E-state index < -0.39 is 6.90 Å². The molecule has 0 aliphatic carbocycles. The Morgan fingerprint density at radius 3 is 0.455 bits per heavy atom. The number of halogens is 5. The van der Waals surface area contributed by atoms with Crippen molar-refractivity contribution in [2.75, 3.05) is 0 Å². The molecule has 0 aliphatic rings. The molecule has 0 bridgehead atoms. The third-order valence-electron chi connectivity index (χ3n) is 0. The summed E-state index contributed by atoms with van der Waals surface area (Å²) in [6, 6.07) is 0. The number of hydrogen-bond acceptors (Lipinski definition) is 0. The normalized spacial score (nSPS) is 10.5. The van der Waals surface area contributed by atoms with Gasteiger partial charge in [0, 0.05) is 0 Å². The molecule has 0 saturated heterocycles. The molecule has 0 aromatic carbocycles. The molecule has 0 fully saturated rings. The first-order valence-electron chi connectivity index (χ1n) is 0.598. The van der Waals surface area contributed by atoms with Crippen LogP contribution in [-0.2, 0) is 6.90 Å². The van der Waals surface area contributed by atoms with Gasteiger partial charge < -0.3 is 27.4 Å². The Balaban J connectivity index is -0.0000000125. The summed E-state index contributed by atoms with van der Waals surface area (Å²) in [5.74, 6) is 0. The van der Waals surface area contributed by atoms with Crippen molar-refractivity contribution in [1.29, 1.82) is 0 Å². The van der Waals surface area contributed by atoms with Gasteiger partial charge in [-0.05, 0) is 0 Å². The second-order valence-electron chi connectivity index (χ2n) is 0.452. The molecule has 0 amide bonds. The van der Waals surface area contributed by atoms with Gasteiger partial charge in [-0.1, -0.05) is 0 Å². The monoisotopic (exact) mass is 323 g/mol. The SMILES string of the molecule is O.O.O.O.O.[Cl][Ni]([Cl])([Cl])([Cl])[Cl]. The molecular weight excluding hydrogens is 316 g/mol. The van der Waals surface area contributed by atoms with Crippen LogP contribution in [0.2, 0.25) is 0 Å². The topological polar surface area (TPSA) is 158 Å². The van der Waals surface area contributed by atoms with Crippen LogP contribution in [0.25, 0.3) is 0 Å². The van der Waals surface area contributed by atoms with Gasteiger partial charge in [-0.3, -0.25) is 0 Å². The van der Waals surface area contributed by atoms with Gasteiger partial charge >= 0.3 is 57.9 Å². The quantitative estimate of drug-likeness (QED) is 0.517. The fourth-order valence-corrected chi connectivity index (χ4v) is 0. The molecule has 5 nitrogen and oxygen atoms in total. The Labute approximate surface area is 84.9 Å². The van der Waals surface area contributed by atoms with Crippen LogP contribution in [-0.4, -0.2) is 27.4 Å². The second kappa shape index (κ2) is 9.83. The molecule has 0 aromatic heterocycles. The molecule has 0 rings (SSSR count). The van der Waals surface area contributed by atoms with Gasteiger partial charge in [0.05, 0.1) is 0 Å². The molecule has 10 N–H and O–H groups in total. The van der Waals surface area contributed by atoms with Crippen LogP contribution in [0.5, 0.6) is 0 Å². The maximum atomic E-state index is 4.96. The van der Waals surface area contributed by atoms with Gasteiger partial charge in [0.15, 0.2) is 0 Å². The first-order chi connectivity index (χ1) is 2.24. The Morgan fingerprint density at radius 1 is 0.455 bits per heavy atom. The summed E-state index contributed by atoms with van der Waals surface area (Å²) >= 11 is 0. The molecule has 0 spiro atoms. The van der Waals surface area contributed by atoms with E-state index in [4.69, 9.17) is 51.0 Å². The van der Waals surface area contributed by atoms with Crippen molar-refractivity contribution < 1.29 is 34.3 Å². The van der Waals surface area contributed by atoms with Crippen LogP contribution in [0.1, 0.15) is 0 Å². The van der Waals surface area contributed by atoms with Crippen molar-refractivity contribution >= 4 is 51.0 Å².